The number of halogens is 2. The first-order valence-electron chi connectivity index (χ1n) is 7.42. The highest BCUT2D eigenvalue weighted by atomic mass is 79.9. The first kappa shape index (κ1) is 17.2. The summed E-state index contributed by atoms with van der Waals surface area (Å²) in [4.78, 5) is 0. The number of hydrogen-bond donors (Lipinski definition) is 1. The number of hydrogen-bond acceptors (Lipinski definition) is 2. The summed E-state index contributed by atoms with van der Waals surface area (Å²) >= 11 is 6.83. The number of aromatic amines is 1. The molecule has 24 heavy (non-hydrogen) atoms. The predicted octanol–water partition coefficient (Wildman–Crippen LogP) is 6.10. The van der Waals surface area contributed by atoms with Gasteiger partial charge >= 0.3 is 0 Å². The van der Waals surface area contributed by atoms with Crippen molar-refractivity contribution in [3.8, 4) is 0 Å². The first-order chi connectivity index (χ1) is 11.2. The van der Waals surface area contributed by atoms with E-state index < -0.39 is 0 Å². The molecule has 1 aliphatic rings. The molecule has 1 N–H and O–H groups in total. The highest BCUT2D eigenvalue weighted by Gasteiger charge is 2.25. The van der Waals surface area contributed by atoms with Crippen LogP contribution in [-0.4, -0.2) is 20.0 Å². The largest absolute Gasteiger partial charge is 0.278 e. The van der Waals surface area contributed by atoms with Crippen molar-refractivity contribution in [1.82, 2.24) is 20.0 Å². The smallest absolute Gasteiger partial charge is 0.0686 e. The fraction of sp³-hybridized carbons (Fsp3) is 0.222. The summed E-state index contributed by atoms with van der Waals surface area (Å²) in [6.45, 7) is 0. The first-order valence-corrected chi connectivity index (χ1v) is 9.01. The summed E-state index contributed by atoms with van der Waals surface area (Å²) in [5.41, 5.74) is 2.33. The Bertz CT molecular complexity index is 969. The maximum absolute atomic E-state index is 4.39. The van der Waals surface area contributed by atoms with E-state index in [1.54, 1.807) is 6.20 Å². The number of aromatic nitrogens is 4. The van der Waals surface area contributed by atoms with E-state index in [4.69, 9.17) is 0 Å². The van der Waals surface area contributed by atoms with Gasteiger partial charge in [-0.2, -0.15) is 10.2 Å². The van der Waals surface area contributed by atoms with E-state index in [9.17, 15) is 0 Å². The molecule has 2 aromatic carbocycles. The lowest BCUT2D eigenvalue weighted by Gasteiger charge is -1.99. The zero-order chi connectivity index (χ0) is 15.8. The molecule has 1 saturated carbocycles. The number of rotatable bonds is 1. The zero-order valence-corrected chi connectivity index (χ0v) is 15.4. The molecule has 6 heteroatoms. The summed E-state index contributed by atoms with van der Waals surface area (Å²) in [6, 6.07) is 13.0. The Morgan fingerprint density at radius 1 is 0.958 bits per heavy atom. The Labute approximate surface area is 157 Å². The molecule has 2 aromatic heterocycles. The molecule has 0 amide bonds. The van der Waals surface area contributed by atoms with E-state index in [0.29, 0.717) is 6.04 Å². The Kier molecular flexibility index (Phi) is 5.06. The molecule has 4 nitrogen and oxygen atoms in total. The molecule has 2 heterocycles. The molecule has 5 rings (SSSR count). The van der Waals surface area contributed by atoms with Crippen LogP contribution in [0.2, 0.25) is 0 Å². The summed E-state index contributed by atoms with van der Waals surface area (Å²) in [5, 5.41) is 13.5. The molecule has 1 aliphatic carbocycles. The van der Waals surface area contributed by atoms with Crippen LogP contribution in [0.25, 0.3) is 21.8 Å². The number of H-pyrrole nitrogens is 1. The molecular formula is C18H18Br2N4. The SMILES string of the molecule is Brc1ccc2[nH]ncc2c1.Brc1ccc2c(cnn2C2CC2)c1.C. The quantitative estimate of drug-likeness (QED) is 0.381. The zero-order valence-electron chi connectivity index (χ0n) is 12.2. The van der Waals surface area contributed by atoms with Crippen molar-refractivity contribution in [2.45, 2.75) is 26.3 Å². The van der Waals surface area contributed by atoms with Gasteiger partial charge in [-0.05, 0) is 49.2 Å². The number of nitrogens with zero attached hydrogens (tertiary/aromatic N) is 3. The fourth-order valence-electron chi connectivity index (χ4n) is 2.55. The Morgan fingerprint density at radius 2 is 1.67 bits per heavy atom. The highest BCUT2D eigenvalue weighted by molar-refractivity contribution is 9.10. The minimum absolute atomic E-state index is 0. The third-order valence-corrected chi connectivity index (χ3v) is 4.84. The van der Waals surface area contributed by atoms with E-state index in [0.717, 1.165) is 19.8 Å². The van der Waals surface area contributed by atoms with Crippen molar-refractivity contribution < 1.29 is 0 Å². The average Bonchev–Trinajstić information content (AvgIpc) is 3.13. The van der Waals surface area contributed by atoms with Gasteiger partial charge in [0.05, 0.1) is 29.5 Å². The lowest BCUT2D eigenvalue weighted by molar-refractivity contribution is 0.665. The minimum Gasteiger partial charge on any atom is -0.278 e. The normalized spacial score (nSPS) is 13.4. The molecule has 0 aliphatic heterocycles. The maximum atomic E-state index is 4.39. The van der Waals surface area contributed by atoms with Gasteiger partial charge in [-0.25, -0.2) is 0 Å². The molecule has 0 spiro atoms. The van der Waals surface area contributed by atoms with E-state index in [2.05, 4.69) is 70.0 Å². The Morgan fingerprint density at radius 3 is 2.42 bits per heavy atom. The van der Waals surface area contributed by atoms with Crippen LogP contribution in [0.3, 0.4) is 0 Å². The molecule has 0 saturated heterocycles. The molecule has 1 fully saturated rings. The molecular weight excluding hydrogens is 432 g/mol. The van der Waals surface area contributed by atoms with Crippen LogP contribution >= 0.6 is 31.9 Å². The summed E-state index contributed by atoms with van der Waals surface area (Å²) in [5.74, 6) is 0. The molecule has 0 atom stereocenters. The Hall–Kier alpha value is -1.66. The van der Waals surface area contributed by atoms with Crippen molar-refractivity contribution in [2.75, 3.05) is 0 Å². The number of benzene rings is 2. The number of fused-ring (bicyclic) bond motifs is 2. The monoisotopic (exact) mass is 448 g/mol. The van der Waals surface area contributed by atoms with Gasteiger partial charge < -0.3 is 0 Å². The van der Waals surface area contributed by atoms with Crippen LogP contribution in [-0.2, 0) is 0 Å². The summed E-state index contributed by atoms with van der Waals surface area (Å²) < 4.78 is 4.35. The second kappa shape index (κ2) is 7.07. The van der Waals surface area contributed by atoms with Crippen LogP contribution in [0.1, 0.15) is 26.3 Å². The van der Waals surface area contributed by atoms with Gasteiger partial charge in [-0.3, -0.25) is 9.78 Å². The van der Waals surface area contributed by atoms with Gasteiger partial charge in [0.2, 0.25) is 0 Å². The van der Waals surface area contributed by atoms with Gasteiger partial charge in [-0.15, -0.1) is 0 Å². The van der Waals surface area contributed by atoms with Gasteiger partial charge in [0, 0.05) is 19.7 Å². The third-order valence-electron chi connectivity index (χ3n) is 3.85. The second-order valence-corrected chi connectivity index (χ2v) is 7.46. The number of nitrogens with one attached hydrogen (secondary N) is 1. The van der Waals surface area contributed by atoms with Gasteiger partial charge in [0.1, 0.15) is 0 Å². The van der Waals surface area contributed by atoms with Crippen LogP contribution in [0.5, 0.6) is 0 Å². The molecule has 4 aromatic rings. The summed E-state index contributed by atoms with van der Waals surface area (Å²) in [7, 11) is 0. The van der Waals surface area contributed by atoms with E-state index in [1.807, 2.05) is 24.4 Å². The maximum Gasteiger partial charge on any atom is 0.0686 e. The average molecular weight is 450 g/mol. The lowest BCUT2D eigenvalue weighted by Crippen LogP contribution is -1.94. The Balaban J connectivity index is 0.000000140. The van der Waals surface area contributed by atoms with Crippen molar-refractivity contribution in [2.24, 2.45) is 0 Å². The topological polar surface area (TPSA) is 46.5 Å². The summed E-state index contributed by atoms with van der Waals surface area (Å²) in [6.07, 6.45) is 6.32. The standard InChI is InChI=1S/C10H9BrN2.C7H5BrN2.CH4/c11-8-1-4-10-7(5-8)6-12-13(10)9-2-3-9;8-6-1-2-7-5(3-6)4-9-10-7;/h1,4-6,9H,2-3H2;1-4H,(H,9,10);1H4. The van der Waals surface area contributed by atoms with Crippen LogP contribution in [0, 0.1) is 0 Å². The van der Waals surface area contributed by atoms with Crippen LogP contribution < -0.4 is 0 Å². The van der Waals surface area contributed by atoms with Crippen molar-refractivity contribution in [3.63, 3.8) is 0 Å². The van der Waals surface area contributed by atoms with Crippen molar-refractivity contribution in [1.29, 1.82) is 0 Å². The minimum atomic E-state index is 0. The van der Waals surface area contributed by atoms with Gasteiger partial charge in [-0.1, -0.05) is 39.3 Å². The highest BCUT2D eigenvalue weighted by Crippen LogP contribution is 2.36. The molecule has 0 bridgehead atoms. The van der Waals surface area contributed by atoms with E-state index >= 15 is 0 Å². The molecule has 0 unspecified atom stereocenters. The van der Waals surface area contributed by atoms with Crippen LogP contribution in [0.15, 0.2) is 57.7 Å². The van der Waals surface area contributed by atoms with E-state index in [1.165, 1.54) is 23.7 Å². The van der Waals surface area contributed by atoms with Crippen LogP contribution in [0.4, 0.5) is 0 Å². The van der Waals surface area contributed by atoms with Gasteiger partial charge in [0.15, 0.2) is 0 Å². The molecule has 124 valence electrons. The predicted molar refractivity (Wildman–Crippen MR) is 106 cm³/mol. The third kappa shape index (κ3) is 3.54. The van der Waals surface area contributed by atoms with Crippen molar-refractivity contribution >= 4 is 53.7 Å². The fourth-order valence-corrected chi connectivity index (χ4v) is 3.31. The second-order valence-electron chi connectivity index (χ2n) is 5.63. The van der Waals surface area contributed by atoms with Gasteiger partial charge in [0.25, 0.3) is 0 Å². The molecule has 0 radical (unpaired) electrons. The van der Waals surface area contributed by atoms with E-state index in [-0.39, 0.29) is 7.43 Å². The van der Waals surface area contributed by atoms with Crippen molar-refractivity contribution in [3.05, 3.63) is 57.7 Å². The lowest BCUT2D eigenvalue weighted by atomic mass is 10.2.